The first-order chi connectivity index (χ1) is 18.5. The summed E-state index contributed by atoms with van der Waals surface area (Å²) < 4.78 is 57.0. The van der Waals surface area contributed by atoms with Gasteiger partial charge in [-0.1, -0.05) is 51.8 Å². The van der Waals surface area contributed by atoms with E-state index in [0.29, 0.717) is 22.6 Å². The maximum absolute atomic E-state index is 13.6. The van der Waals surface area contributed by atoms with Gasteiger partial charge in [-0.25, -0.2) is 16.8 Å². The fourth-order valence-electron chi connectivity index (χ4n) is 3.76. The van der Waals surface area contributed by atoms with Gasteiger partial charge in [0.1, 0.15) is 6.54 Å². The predicted molar refractivity (Wildman–Crippen MR) is 157 cm³/mol. The molecule has 0 radical (unpaired) electrons. The number of para-hydroxylation sites is 1. The lowest BCUT2D eigenvalue weighted by Crippen LogP contribution is -2.38. The van der Waals surface area contributed by atoms with E-state index in [0.717, 1.165) is 14.3 Å². The number of carbonyl (C=O) groups is 1. The van der Waals surface area contributed by atoms with E-state index in [-0.39, 0.29) is 9.79 Å². The molecule has 0 aliphatic rings. The third-order valence-corrected chi connectivity index (χ3v) is 9.52. The van der Waals surface area contributed by atoms with Crippen molar-refractivity contribution in [3.63, 3.8) is 0 Å². The van der Waals surface area contributed by atoms with Gasteiger partial charge in [0.2, 0.25) is 5.91 Å². The van der Waals surface area contributed by atoms with Crippen molar-refractivity contribution in [2.45, 2.75) is 23.6 Å². The Morgan fingerprint density at radius 3 is 1.92 bits per heavy atom. The third-order valence-electron chi connectivity index (χ3n) is 5.83. The van der Waals surface area contributed by atoms with Crippen LogP contribution in [0, 0.1) is 13.8 Å². The smallest absolute Gasteiger partial charge is 0.264 e. The maximum Gasteiger partial charge on any atom is 0.264 e. The van der Waals surface area contributed by atoms with E-state index < -0.39 is 32.5 Å². The molecule has 0 aliphatic carbocycles. The van der Waals surface area contributed by atoms with Crippen molar-refractivity contribution in [2.75, 3.05) is 20.9 Å². The van der Waals surface area contributed by atoms with Crippen LogP contribution in [0.15, 0.2) is 111 Å². The number of anilines is 3. The normalized spacial score (nSPS) is 11.6. The number of hydrogen-bond donors (Lipinski definition) is 2. The topological polar surface area (TPSA) is 113 Å². The van der Waals surface area contributed by atoms with Gasteiger partial charge in [0.25, 0.3) is 20.0 Å². The zero-order chi connectivity index (χ0) is 28.2. The van der Waals surface area contributed by atoms with Gasteiger partial charge in [-0.3, -0.25) is 13.8 Å². The SMILES string of the molecule is Cc1ccc(S(=O)(=O)N(CC(=O)Nc2ccc(S(=O)(=O)Nc3ccc(Br)cc3)cc2)c2ccccc2C)cc1. The Hall–Kier alpha value is -3.67. The third kappa shape index (κ3) is 6.86. The van der Waals surface area contributed by atoms with Crippen molar-refractivity contribution in [3.05, 3.63) is 113 Å². The summed E-state index contributed by atoms with van der Waals surface area (Å²) in [4.78, 5) is 13.1. The molecule has 0 saturated heterocycles. The molecule has 8 nitrogen and oxygen atoms in total. The number of nitrogens with zero attached hydrogens (tertiary/aromatic N) is 1. The minimum Gasteiger partial charge on any atom is -0.325 e. The maximum atomic E-state index is 13.6. The van der Waals surface area contributed by atoms with E-state index >= 15 is 0 Å². The van der Waals surface area contributed by atoms with E-state index in [1.54, 1.807) is 67.6 Å². The molecule has 0 aliphatic heterocycles. The number of halogens is 1. The Balaban J connectivity index is 1.53. The van der Waals surface area contributed by atoms with Crippen LogP contribution >= 0.6 is 15.9 Å². The van der Waals surface area contributed by atoms with E-state index in [1.165, 1.54) is 36.4 Å². The molecule has 0 atom stereocenters. The van der Waals surface area contributed by atoms with E-state index in [9.17, 15) is 21.6 Å². The Morgan fingerprint density at radius 1 is 0.744 bits per heavy atom. The van der Waals surface area contributed by atoms with Crippen LogP contribution < -0.4 is 14.3 Å². The second kappa shape index (κ2) is 11.6. The first-order valence-corrected chi connectivity index (χ1v) is 15.5. The zero-order valence-corrected chi connectivity index (χ0v) is 24.3. The van der Waals surface area contributed by atoms with E-state index in [1.807, 2.05) is 6.92 Å². The molecule has 202 valence electrons. The van der Waals surface area contributed by atoms with Crippen molar-refractivity contribution < 1.29 is 21.6 Å². The van der Waals surface area contributed by atoms with Crippen molar-refractivity contribution in [2.24, 2.45) is 0 Å². The average molecular weight is 629 g/mol. The van der Waals surface area contributed by atoms with Crippen LogP contribution in [0.1, 0.15) is 11.1 Å². The van der Waals surface area contributed by atoms with Gasteiger partial charge in [0.15, 0.2) is 0 Å². The number of benzene rings is 4. The molecule has 11 heteroatoms. The van der Waals surface area contributed by atoms with Crippen LogP contribution in [0.4, 0.5) is 17.1 Å². The van der Waals surface area contributed by atoms with Gasteiger partial charge in [-0.2, -0.15) is 0 Å². The first-order valence-electron chi connectivity index (χ1n) is 11.8. The van der Waals surface area contributed by atoms with Crippen LogP contribution in [0.25, 0.3) is 0 Å². The summed E-state index contributed by atoms with van der Waals surface area (Å²) in [6, 6.07) is 25.6. The number of nitrogens with one attached hydrogen (secondary N) is 2. The van der Waals surface area contributed by atoms with Gasteiger partial charge in [-0.15, -0.1) is 0 Å². The molecule has 0 aromatic heterocycles. The Bertz CT molecular complexity index is 1690. The molecule has 2 N–H and O–H groups in total. The highest BCUT2D eigenvalue weighted by molar-refractivity contribution is 9.10. The highest BCUT2D eigenvalue weighted by Crippen LogP contribution is 2.27. The molecule has 39 heavy (non-hydrogen) atoms. The molecule has 0 heterocycles. The number of rotatable bonds is 9. The molecule has 0 saturated carbocycles. The molecule has 0 unspecified atom stereocenters. The van der Waals surface area contributed by atoms with Crippen molar-refractivity contribution in [1.82, 2.24) is 0 Å². The molecule has 0 spiro atoms. The molecule has 4 aromatic rings. The van der Waals surface area contributed by atoms with Gasteiger partial charge < -0.3 is 5.32 Å². The number of carbonyl (C=O) groups excluding carboxylic acids is 1. The van der Waals surface area contributed by atoms with Gasteiger partial charge >= 0.3 is 0 Å². The molecule has 0 bridgehead atoms. The minimum absolute atomic E-state index is 0.00639. The Morgan fingerprint density at radius 2 is 1.31 bits per heavy atom. The number of amides is 1. The van der Waals surface area contributed by atoms with Gasteiger partial charge in [-0.05, 0) is 86.1 Å². The molecule has 4 aromatic carbocycles. The lowest BCUT2D eigenvalue weighted by atomic mass is 10.2. The first kappa shape index (κ1) is 28.3. The molecule has 0 fully saturated rings. The van der Waals surface area contributed by atoms with E-state index in [2.05, 4.69) is 26.0 Å². The largest absolute Gasteiger partial charge is 0.325 e. The standard InChI is InChI=1S/C28H26BrN3O5S2/c1-20-7-15-26(16-8-20)39(36,37)32(27-6-4-3-5-21(27)2)19-28(33)30-23-13-17-25(18-14-23)38(34,35)31-24-11-9-22(29)10-12-24/h3-18,31H,19H2,1-2H3,(H,30,33). The predicted octanol–water partition coefficient (Wildman–Crippen LogP) is 5.70. The van der Waals surface area contributed by atoms with Crippen molar-refractivity contribution in [3.8, 4) is 0 Å². The number of aryl methyl sites for hydroxylation is 2. The molecule has 4 rings (SSSR count). The lowest BCUT2D eigenvalue weighted by Gasteiger charge is -2.25. The molecule has 1 amide bonds. The Labute approximate surface area is 236 Å². The summed E-state index contributed by atoms with van der Waals surface area (Å²) in [6.45, 7) is 3.15. The highest BCUT2D eigenvalue weighted by Gasteiger charge is 2.28. The second-order valence-electron chi connectivity index (χ2n) is 8.80. The summed E-state index contributed by atoms with van der Waals surface area (Å²) >= 11 is 3.31. The van der Waals surface area contributed by atoms with Crippen molar-refractivity contribution in [1.29, 1.82) is 0 Å². The second-order valence-corrected chi connectivity index (χ2v) is 13.3. The van der Waals surface area contributed by atoms with Crippen LogP contribution in [0.5, 0.6) is 0 Å². The van der Waals surface area contributed by atoms with Crippen LogP contribution in [0.3, 0.4) is 0 Å². The van der Waals surface area contributed by atoms with Crippen LogP contribution in [-0.2, 0) is 24.8 Å². The summed E-state index contributed by atoms with van der Waals surface area (Å²) in [5.74, 6) is -0.586. The number of sulfonamides is 2. The number of hydrogen-bond acceptors (Lipinski definition) is 5. The average Bonchev–Trinajstić information content (AvgIpc) is 2.89. The summed E-state index contributed by atoms with van der Waals surface area (Å²) in [5.41, 5.74) is 2.70. The van der Waals surface area contributed by atoms with Gasteiger partial charge in [0.05, 0.1) is 15.5 Å². The monoisotopic (exact) mass is 627 g/mol. The molecular weight excluding hydrogens is 602 g/mol. The summed E-state index contributed by atoms with van der Waals surface area (Å²) in [7, 11) is -7.91. The fraction of sp³-hybridized carbons (Fsp3) is 0.107. The van der Waals surface area contributed by atoms with E-state index in [4.69, 9.17) is 0 Å². The Kier molecular flexibility index (Phi) is 8.43. The fourth-order valence-corrected chi connectivity index (χ4v) is 6.57. The summed E-state index contributed by atoms with van der Waals surface area (Å²) in [6.07, 6.45) is 0. The van der Waals surface area contributed by atoms with Gasteiger partial charge in [0, 0.05) is 15.8 Å². The lowest BCUT2D eigenvalue weighted by molar-refractivity contribution is -0.114. The minimum atomic E-state index is -4.06. The van der Waals surface area contributed by atoms with Crippen LogP contribution in [-0.4, -0.2) is 29.3 Å². The van der Waals surface area contributed by atoms with Crippen molar-refractivity contribution >= 4 is 58.9 Å². The summed E-state index contributed by atoms with van der Waals surface area (Å²) in [5, 5.41) is 2.66. The highest BCUT2D eigenvalue weighted by atomic mass is 79.9. The quantitative estimate of drug-likeness (QED) is 0.247. The zero-order valence-electron chi connectivity index (χ0n) is 21.1. The molecular formula is C28H26BrN3O5S2. The van der Waals surface area contributed by atoms with Crippen LogP contribution in [0.2, 0.25) is 0 Å².